The predicted octanol–water partition coefficient (Wildman–Crippen LogP) is 0.810. The van der Waals surface area contributed by atoms with Gasteiger partial charge < -0.3 is 10.1 Å². The van der Waals surface area contributed by atoms with E-state index in [-0.39, 0.29) is 17.9 Å². The Kier molecular flexibility index (Phi) is 5.12. The Bertz CT molecular complexity index is 343. The number of carbonyl (C=O) groups is 3. The van der Waals surface area contributed by atoms with Crippen LogP contribution in [-0.2, 0) is 14.3 Å². The molecule has 0 aromatic rings. The van der Waals surface area contributed by atoms with Crippen molar-refractivity contribution in [2.24, 2.45) is 11.8 Å². The Morgan fingerprint density at radius 3 is 2.50 bits per heavy atom. The monoisotopic (exact) mass is 256 g/mol. The molecule has 2 N–H and O–H groups in total. The lowest BCUT2D eigenvalue weighted by Gasteiger charge is -2.11. The van der Waals surface area contributed by atoms with E-state index < -0.39 is 18.5 Å². The fourth-order valence-electron chi connectivity index (χ4n) is 1.42. The second-order valence-electron chi connectivity index (χ2n) is 4.76. The summed E-state index contributed by atoms with van der Waals surface area (Å²) in [4.78, 5) is 33.9. The molecule has 0 saturated heterocycles. The van der Waals surface area contributed by atoms with Gasteiger partial charge in [0.1, 0.15) is 0 Å². The van der Waals surface area contributed by atoms with Crippen molar-refractivity contribution < 1.29 is 19.1 Å². The summed E-state index contributed by atoms with van der Waals surface area (Å²) in [5.74, 6) is -0.710. The topological polar surface area (TPSA) is 84.5 Å². The number of imide groups is 1. The van der Waals surface area contributed by atoms with Crippen LogP contribution in [0, 0.1) is 11.8 Å². The van der Waals surface area contributed by atoms with Crippen LogP contribution in [0.4, 0.5) is 4.79 Å². The van der Waals surface area contributed by atoms with Crippen LogP contribution in [0.2, 0.25) is 0 Å². The van der Waals surface area contributed by atoms with Gasteiger partial charge in [-0.15, -0.1) is 0 Å². The molecule has 6 nitrogen and oxygen atoms in total. The van der Waals surface area contributed by atoms with Gasteiger partial charge in [-0.3, -0.25) is 14.9 Å². The summed E-state index contributed by atoms with van der Waals surface area (Å²) in [6.07, 6.45) is 1.59. The van der Waals surface area contributed by atoms with Gasteiger partial charge in [0.15, 0.2) is 6.61 Å². The van der Waals surface area contributed by atoms with Crippen molar-refractivity contribution in [3.05, 3.63) is 0 Å². The van der Waals surface area contributed by atoms with Crippen molar-refractivity contribution in [3.63, 3.8) is 0 Å². The smallest absolute Gasteiger partial charge is 0.321 e. The average Bonchev–Trinajstić information content (AvgIpc) is 3.03. The molecule has 0 bridgehead atoms. The number of hydrogen-bond donors (Lipinski definition) is 2. The van der Waals surface area contributed by atoms with Crippen LogP contribution in [0.5, 0.6) is 0 Å². The lowest BCUT2D eigenvalue weighted by molar-refractivity contribution is -0.149. The minimum atomic E-state index is -0.613. The van der Waals surface area contributed by atoms with Gasteiger partial charge in [0, 0.05) is 6.04 Å². The zero-order valence-electron chi connectivity index (χ0n) is 11.0. The van der Waals surface area contributed by atoms with Crippen LogP contribution in [0.3, 0.4) is 0 Å². The van der Waals surface area contributed by atoms with Crippen molar-refractivity contribution in [1.29, 1.82) is 0 Å². The SMILES string of the molecule is CC[C@H](C)NC(=O)NC(=O)COC(=O)[C@@H]1C[C@@H]1C. The molecule has 1 rings (SSSR count). The molecule has 1 fully saturated rings. The highest BCUT2D eigenvalue weighted by Crippen LogP contribution is 2.38. The molecule has 1 saturated carbocycles. The largest absolute Gasteiger partial charge is 0.455 e. The van der Waals surface area contributed by atoms with E-state index in [2.05, 4.69) is 10.6 Å². The summed E-state index contributed by atoms with van der Waals surface area (Å²) in [5.41, 5.74) is 0. The van der Waals surface area contributed by atoms with E-state index in [1.165, 1.54) is 0 Å². The average molecular weight is 256 g/mol. The van der Waals surface area contributed by atoms with Crippen molar-refractivity contribution in [2.75, 3.05) is 6.61 Å². The third-order valence-electron chi connectivity index (χ3n) is 3.00. The van der Waals surface area contributed by atoms with Gasteiger partial charge in [0.25, 0.3) is 5.91 Å². The first kappa shape index (κ1) is 14.5. The molecule has 0 radical (unpaired) electrons. The highest BCUT2D eigenvalue weighted by molar-refractivity contribution is 5.95. The van der Waals surface area contributed by atoms with Gasteiger partial charge in [-0.05, 0) is 25.7 Å². The number of amides is 3. The normalized spacial score (nSPS) is 22.8. The molecule has 1 aliphatic carbocycles. The minimum Gasteiger partial charge on any atom is -0.455 e. The Morgan fingerprint density at radius 1 is 1.39 bits per heavy atom. The minimum absolute atomic E-state index is 0.00679. The summed E-state index contributed by atoms with van der Waals surface area (Å²) < 4.78 is 4.80. The van der Waals surface area contributed by atoms with Gasteiger partial charge in [0.05, 0.1) is 5.92 Å². The van der Waals surface area contributed by atoms with E-state index >= 15 is 0 Å². The second kappa shape index (κ2) is 6.37. The second-order valence-corrected chi connectivity index (χ2v) is 4.76. The number of rotatable bonds is 5. The van der Waals surface area contributed by atoms with E-state index in [9.17, 15) is 14.4 Å². The quantitative estimate of drug-likeness (QED) is 0.713. The Morgan fingerprint density at radius 2 is 2.00 bits per heavy atom. The molecule has 0 heterocycles. The first-order valence-corrected chi connectivity index (χ1v) is 6.21. The summed E-state index contributed by atoms with van der Waals surface area (Å²) in [6.45, 7) is 5.30. The van der Waals surface area contributed by atoms with E-state index in [1.54, 1.807) is 0 Å². The maximum Gasteiger partial charge on any atom is 0.321 e. The molecule has 3 amide bonds. The van der Waals surface area contributed by atoms with Crippen molar-refractivity contribution >= 4 is 17.9 Å². The summed E-state index contributed by atoms with van der Waals surface area (Å²) in [6, 6.07) is -0.571. The van der Waals surface area contributed by atoms with Gasteiger partial charge in [-0.2, -0.15) is 0 Å². The van der Waals surface area contributed by atoms with Gasteiger partial charge >= 0.3 is 12.0 Å². The number of hydrogen-bond acceptors (Lipinski definition) is 4. The van der Waals surface area contributed by atoms with E-state index in [4.69, 9.17) is 4.74 Å². The Hall–Kier alpha value is -1.59. The lowest BCUT2D eigenvalue weighted by Crippen LogP contribution is -2.44. The first-order valence-electron chi connectivity index (χ1n) is 6.21. The van der Waals surface area contributed by atoms with Crippen molar-refractivity contribution in [2.45, 2.75) is 39.7 Å². The molecule has 0 aromatic heterocycles. The molecule has 0 unspecified atom stereocenters. The third kappa shape index (κ3) is 4.73. The lowest BCUT2D eigenvalue weighted by atomic mass is 10.3. The van der Waals surface area contributed by atoms with Crippen LogP contribution < -0.4 is 10.6 Å². The Balaban J connectivity index is 2.17. The Labute approximate surface area is 106 Å². The molecule has 3 atom stereocenters. The number of nitrogens with one attached hydrogen (secondary N) is 2. The predicted molar refractivity (Wildman–Crippen MR) is 64.7 cm³/mol. The van der Waals surface area contributed by atoms with Gasteiger partial charge in [-0.1, -0.05) is 13.8 Å². The molecule has 6 heteroatoms. The number of ether oxygens (including phenoxy) is 1. The third-order valence-corrected chi connectivity index (χ3v) is 3.00. The molecular weight excluding hydrogens is 236 g/mol. The summed E-state index contributed by atoms with van der Waals surface area (Å²) in [7, 11) is 0. The highest BCUT2D eigenvalue weighted by Gasteiger charge is 2.40. The molecule has 102 valence electrons. The fourth-order valence-corrected chi connectivity index (χ4v) is 1.42. The molecule has 1 aliphatic rings. The zero-order valence-corrected chi connectivity index (χ0v) is 11.0. The van der Waals surface area contributed by atoms with Crippen LogP contribution in [0.25, 0.3) is 0 Å². The summed E-state index contributed by atoms with van der Waals surface area (Å²) in [5, 5.41) is 4.68. The molecule has 0 aliphatic heterocycles. The van der Waals surface area contributed by atoms with Gasteiger partial charge in [-0.25, -0.2) is 4.79 Å². The zero-order chi connectivity index (χ0) is 13.7. The van der Waals surface area contributed by atoms with Crippen LogP contribution in [0.15, 0.2) is 0 Å². The van der Waals surface area contributed by atoms with E-state index in [1.807, 2.05) is 20.8 Å². The number of esters is 1. The standard InChI is InChI=1S/C12H20N2O4/c1-4-8(3)13-12(17)14-10(15)6-18-11(16)9-5-7(9)2/h7-9H,4-6H2,1-3H3,(H2,13,14,15,17)/t7-,8-,9+/m0/s1. The van der Waals surface area contributed by atoms with Crippen LogP contribution in [0.1, 0.15) is 33.6 Å². The first-order chi connectivity index (χ1) is 8.43. The number of urea groups is 1. The van der Waals surface area contributed by atoms with Crippen LogP contribution in [-0.4, -0.2) is 30.6 Å². The van der Waals surface area contributed by atoms with E-state index in [0.717, 1.165) is 12.8 Å². The molecular formula is C12H20N2O4. The van der Waals surface area contributed by atoms with Gasteiger partial charge in [0.2, 0.25) is 0 Å². The molecule has 0 spiro atoms. The number of carbonyl (C=O) groups excluding carboxylic acids is 3. The molecule has 18 heavy (non-hydrogen) atoms. The fraction of sp³-hybridized carbons (Fsp3) is 0.750. The molecule has 0 aromatic carbocycles. The van der Waals surface area contributed by atoms with E-state index in [0.29, 0.717) is 5.92 Å². The summed E-state index contributed by atoms with van der Waals surface area (Å²) >= 11 is 0. The maximum absolute atomic E-state index is 11.3. The van der Waals surface area contributed by atoms with Crippen molar-refractivity contribution in [1.82, 2.24) is 10.6 Å². The highest BCUT2D eigenvalue weighted by atomic mass is 16.5. The maximum atomic E-state index is 11.3. The van der Waals surface area contributed by atoms with Crippen molar-refractivity contribution in [3.8, 4) is 0 Å². The van der Waals surface area contributed by atoms with Crippen LogP contribution >= 0.6 is 0 Å².